The standard InChI is InChI=1S/C19H18ClN3O3/c1-25-18-8-6-13(11-22-18)10-21-17(24)7-9-19-23-12-16(26-19)14-4-2-3-5-15(14)20/h2-6,8,11-12H,7,9-10H2,1H3,(H,21,24). The van der Waals surface area contributed by atoms with Crippen molar-refractivity contribution in [2.24, 2.45) is 0 Å². The van der Waals surface area contributed by atoms with E-state index < -0.39 is 0 Å². The number of benzene rings is 1. The fourth-order valence-electron chi connectivity index (χ4n) is 2.36. The lowest BCUT2D eigenvalue weighted by molar-refractivity contribution is -0.121. The number of hydrogen-bond donors (Lipinski definition) is 1. The Morgan fingerprint density at radius 2 is 2.04 bits per heavy atom. The maximum absolute atomic E-state index is 12.0. The maximum atomic E-state index is 12.0. The number of halogens is 1. The van der Waals surface area contributed by atoms with Gasteiger partial charge in [-0.25, -0.2) is 9.97 Å². The van der Waals surface area contributed by atoms with Crippen molar-refractivity contribution in [2.75, 3.05) is 7.11 Å². The first kappa shape index (κ1) is 17.9. The van der Waals surface area contributed by atoms with Gasteiger partial charge in [-0.2, -0.15) is 0 Å². The van der Waals surface area contributed by atoms with Crippen molar-refractivity contribution in [1.29, 1.82) is 0 Å². The number of nitrogens with one attached hydrogen (secondary N) is 1. The summed E-state index contributed by atoms with van der Waals surface area (Å²) >= 11 is 6.15. The summed E-state index contributed by atoms with van der Waals surface area (Å²) in [4.78, 5) is 20.3. The van der Waals surface area contributed by atoms with Crippen LogP contribution in [0, 0.1) is 0 Å². The van der Waals surface area contributed by atoms with Crippen LogP contribution in [0.1, 0.15) is 17.9 Å². The molecule has 0 aliphatic heterocycles. The van der Waals surface area contributed by atoms with Gasteiger partial charge in [0.2, 0.25) is 11.8 Å². The molecule has 0 spiro atoms. The van der Waals surface area contributed by atoms with Gasteiger partial charge in [-0.3, -0.25) is 4.79 Å². The van der Waals surface area contributed by atoms with Crippen LogP contribution in [0.15, 0.2) is 53.2 Å². The Morgan fingerprint density at radius 3 is 2.77 bits per heavy atom. The lowest BCUT2D eigenvalue weighted by Gasteiger charge is -2.05. The van der Waals surface area contributed by atoms with Crippen LogP contribution in [0.4, 0.5) is 0 Å². The molecular formula is C19H18ClN3O3. The Labute approximate surface area is 156 Å². The minimum absolute atomic E-state index is 0.0849. The quantitative estimate of drug-likeness (QED) is 0.686. The lowest BCUT2D eigenvalue weighted by atomic mass is 10.2. The molecule has 134 valence electrons. The summed E-state index contributed by atoms with van der Waals surface area (Å²) in [6.07, 6.45) is 3.99. The zero-order chi connectivity index (χ0) is 18.4. The highest BCUT2D eigenvalue weighted by atomic mass is 35.5. The molecule has 0 fully saturated rings. The molecule has 26 heavy (non-hydrogen) atoms. The maximum Gasteiger partial charge on any atom is 0.220 e. The monoisotopic (exact) mass is 371 g/mol. The van der Waals surface area contributed by atoms with Gasteiger partial charge in [0.05, 0.1) is 18.3 Å². The van der Waals surface area contributed by atoms with E-state index in [4.69, 9.17) is 20.8 Å². The highest BCUT2D eigenvalue weighted by Crippen LogP contribution is 2.28. The van der Waals surface area contributed by atoms with Gasteiger partial charge in [0.25, 0.3) is 0 Å². The number of hydrogen-bond acceptors (Lipinski definition) is 5. The number of aryl methyl sites for hydroxylation is 1. The van der Waals surface area contributed by atoms with Gasteiger partial charge >= 0.3 is 0 Å². The summed E-state index contributed by atoms with van der Waals surface area (Å²) in [6.45, 7) is 0.409. The second kappa shape index (κ2) is 8.49. The summed E-state index contributed by atoms with van der Waals surface area (Å²) in [5.41, 5.74) is 1.68. The van der Waals surface area contributed by atoms with Crippen LogP contribution in [0.3, 0.4) is 0 Å². The highest BCUT2D eigenvalue weighted by molar-refractivity contribution is 6.33. The summed E-state index contributed by atoms with van der Waals surface area (Å²) in [5.74, 6) is 1.55. The molecule has 0 unspecified atom stereocenters. The average molecular weight is 372 g/mol. The Kier molecular flexibility index (Phi) is 5.86. The first-order chi connectivity index (χ1) is 12.7. The van der Waals surface area contributed by atoms with E-state index in [-0.39, 0.29) is 12.3 Å². The molecule has 7 heteroatoms. The first-order valence-corrected chi connectivity index (χ1v) is 8.48. The number of oxazole rings is 1. The van der Waals surface area contributed by atoms with Crippen LogP contribution in [-0.4, -0.2) is 23.0 Å². The molecule has 3 rings (SSSR count). The second-order valence-corrected chi connectivity index (χ2v) is 5.99. The molecule has 0 aliphatic rings. The Bertz CT molecular complexity index is 878. The third kappa shape index (κ3) is 4.61. The Hall–Kier alpha value is -2.86. The van der Waals surface area contributed by atoms with E-state index in [9.17, 15) is 4.79 Å². The predicted molar refractivity (Wildman–Crippen MR) is 97.9 cm³/mol. The number of carbonyl (C=O) groups is 1. The van der Waals surface area contributed by atoms with Gasteiger partial charge in [-0.15, -0.1) is 0 Å². The fourth-order valence-corrected chi connectivity index (χ4v) is 2.59. The zero-order valence-corrected chi connectivity index (χ0v) is 15.0. The molecule has 1 N–H and O–H groups in total. The van der Waals surface area contributed by atoms with Crippen LogP contribution < -0.4 is 10.1 Å². The van der Waals surface area contributed by atoms with Gasteiger partial charge in [0, 0.05) is 37.2 Å². The number of methoxy groups -OCH3 is 1. The minimum atomic E-state index is -0.0849. The first-order valence-electron chi connectivity index (χ1n) is 8.11. The van der Waals surface area contributed by atoms with Crippen LogP contribution in [0.25, 0.3) is 11.3 Å². The smallest absolute Gasteiger partial charge is 0.220 e. The van der Waals surface area contributed by atoms with Crippen molar-refractivity contribution in [1.82, 2.24) is 15.3 Å². The number of carbonyl (C=O) groups excluding carboxylic acids is 1. The van der Waals surface area contributed by atoms with Gasteiger partial charge in [0.1, 0.15) is 0 Å². The van der Waals surface area contributed by atoms with E-state index in [0.717, 1.165) is 11.1 Å². The molecule has 6 nitrogen and oxygen atoms in total. The number of amides is 1. The average Bonchev–Trinajstić information content (AvgIpc) is 3.14. The summed E-state index contributed by atoms with van der Waals surface area (Å²) in [5, 5.41) is 3.44. The third-order valence-electron chi connectivity index (χ3n) is 3.76. The number of nitrogens with zero attached hydrogens (tertiary/aromatic N) is 2. The molecule has 2 aromatic heterocycles. The van der Waals surface area contributed by atoms with Gasteiger partial charge in [-0.05, 0) is 17.7 Å². The van der Waals surface area contributed by atoms with Crippen LogP contribution >= 0.6 is 11.6 Å². The lowest BCUT2D eigenvalue weighted by Crippen LogP contribution is -2.23. The van der Waals surface area contributed by atoms with Crippen molar-refractivity contribution in [3.05, 3.63) is 65.3 Å². The molecule has 0 saturated carbocycles. The Balaban J connectivity index is 1.49. The molecular weight excluding hydrogens is 354 g/mol. The molecule has 2 heterocycles. The van der Waals surface area contributed by atoms with Gasteiger partial charge in [0.15, 0.2) is 11.7 Å². The normalized spacial score (nSPS) is 10.5. The van der Waals surface area contributed by atoms with Crippen LogP contribution in [0.5, 0.6) is 5.88 Å². The largest absolute Gasteiger partial charge is 0.481 e. The molecule has 1 aromatic carbocycles. The van der Waals surface area contributed by atoms with E-state index in [1.54, 1.807) is 31.6 Å². The highest BCUT2D eigenvalue weighted by Gasteiger charge is 2.11. The van der Waals surface area contributed by atoms with Crippen molar-refractivity contribution >= 4 is 17.5 Å². The van der Waals surface area contributed by atoms with Crippen molar-refractivity contribution < 1.29 is 13.9 Å². The predicted octanol–water partition coefficient (Wildman–Crippen LogP) is 3.65. The zero-order valence-electron chi connectivity index (χ0n) is 14.2. The summed E-state index contributed by atoms with van der Waals surface area (Å²) < 4.78 is 10.7. The van der Waals surface area contributed by atoms with Crippen molar-refractivity contribution in [3.8, 4) is 17.2 Å². The van der Waals surface area contributed by atoms with E-state index in [1.165, 1.54) is 0 Å². The third-order valence-corrected chi connectivity index (χ3v) is 4.08. The molecule has 0 radical (unpaired) electrons. The number of rotatable bonds is 7. The van der Waals surface area contributed by atoms with E-state index >= 15 is 0 Å². The molecule has 1 amide bonds. The van der Waals surface area contributed by atoms with Gasteiger partial charge in [-0.1, -0.05) is 29.8 Å². The minimum Gasteiger partial charge on any atom is -0.481 e. The van der Waals surface area contributed by atoms with E-state index in [2.05, 4.69) is 15.3 Å². The Morgan fingerprint density at radius 1 is 1.19 bits per heavy atom. The number of pyridine rings is 1. The fraction of sp³-hybridized carbons (Fsp3) is 0.211. The van der Waals surface area contributed by atoms with Gasteiger partial charge < -0.3 is 14.5 Å². The van der Waals surface area contributed by atoms with Crippen LogP contribution in [-0.2, 0) is 17.8 Å². The summed E-state index contributed by atoms with van der Waals surface area (Å²) in [6, 6.07) is 11.0. The molecule has 3 aromatic rings. The SMILES string of the molecule is COc1ccc(CNC(=O)CCc2ncc(-c3ccccc3Cl)o2)cn1. The molecule has 0 atom stereocenters. The van der Waals surface area contributed by atoms with Crippen molar-refractivity contribution in [2.45, 2.75) is 19.4 Å². The second-order valence-electron chi connectivity index (χ2n) is 5.58. The van der Waals surface area contributed by atoms with Crippen LogP contribution in [0.2, 0.25) is 5.02 Å². The topological polar surface area (TPSA) is 77.2 Å². The molecule has 0 aliphatic carbocycles. The number of ether oxygens (including phenoxy) is 1. The van der Waals surface area contributed by atoms with Crippen molar-refractivity contribution in [3.63, 3.8) is 0 Å². The number of aromatic nitrogens is 2. The van der Waals surface area contributed by atoms with E-state index in [0.29, 0.717) is 35.5 Å². The van der Waals surface area contributed by atoms with E-state index in [1.807, 2.05) is 24.3 Å². The molecule has 0 bridgehead atoms. The molecule has 0 saturated heterocycles. The summed E-state index contributed by atoms with van der Waals surface area (Å²) in [7, 11) is 1.56.